The van der Waals surface area contributed by atoms with Crippen molar-refractivity contribution in [2.75, 3.05) is 6.26 Å². The fraction of sp³-hybridized carbons (Fsp3) is 0.0909. The highest BCUT2D eigenvalue weighted by molar-refractivity contribution is 7.98. The molecule has 0 amide bonds. The lowest BCUT2D eigenvalue weighted by molar-refractivity contribution is 0.628. The van der Waals surface area contributed by atoms with Gasteiger partial charge in [-0.1, -0.05) is 23.9 Å². The zero-order chi connectivity index (χ0) is 11.5. The van der Waals surface area contributed by atoms with E-state index < -0.39 is 0 Å². The molecule has 2 rings (SSSR count). The largest absolute Gasteiger partial charge is 0.301 e. The van der Waals surface area contributed by atoms with E-state index in [1.54, 1.807) is 12.1 Å². The molecule has 1 aromatic heterocycles. The van der Waals surface area contributed by atoms with Crippen LogP contribution in [0, 0.1) is 5.82 Å². The van der Waals surface area contributed by atoms with E-state index in [4.69, 9.17) is 0 Å². The Hall–Kier alpha value is -1.62. The fourth-order valence-corrected chi connectivity index (χ4v) is 1.67. The van der Waals surface area contributed by atoms with E-state index in [1.165, 1.54) is 30.1 Å². The number of aromatic nitrogens is 2. The van der Waals surface area contributed by atoms with Crippen molar-refractivity contribution in [3.8, 4) is 11.1 Å². The predicted octanol–water partition coefficient (Wildman–Crippen LogP) is 2.30. The SMILES string of the molecule is CSc1ncc(-c2ccc(F)cc2)c(=O)[nH]1. The van der Waals surface area contributed by atoms with Gasteiger partial charge >= 0.3 is 0 Å². The van der Waals surface area contributed by atoms with Crippen molar-refractivity contribution in [2.45, 2.75) is 5.16 Å². The van der Waals surface area contributed by atoms with Crippen LogP contribution in [-0.2, 0) is 0 Å². The minimum Gasteiger partial charge on any atom is -0.301 e. The summed E-state index contributed by atoms with van der Waals surface area (Å²) >= 11 is 1.36. The molecule has 2 aromatic rings. The van der Waals surface area contributed by atoms with Gasteiger partial charge in [-0.3, -0.25) is 4.79 Å². The highest BCUT2D eigenvalue weighted by Gasteiger charge is 2.04. The van der Waals surface area contributed by atoms with Gasteiger partial charge in [-0.15, -0.1) is 0 Å². The second-order valence-electron chi connectivity index (χ2n) is 3.14. The van der Waals surface area contributed by atoms with Gasteiger partial charge in [0.05, 0.1) is 5.56 Å². The number of rotatable bonds is 2. The van der Waals surface area contributed by atoms with E-state index in [2.05, 4.69) is 9.97 Å². The Labute approximate surface area is 95.7 Å². The number of benzene rings is 1. The highest BCUT2D eigenvalue weighted by atomic mass is 32.2. The first-order chi connectivity index (χ1) is 7.70. The van der Waals surface area contributed by atoms with Crippen LogP contribution in [0.4, 0.5) is 4.39 Å². The van der Waals surface area contributed by atoms with Gasteiger partial charge in [0.15, 0.2) is 5.16 Å². The lowest BCUT2D eigenvalue weighted by atomic mass is 10.1. The van der Waals surface area contributed by atoms with E-state index in [0.29, 0.717) is 16.3 Å². The molecule has 0 saturated carbocycles. The van der Waals surface area contributed by atoms with Crippen molar-refractivity contribution in [3.05, 3.63) is 46.6 Å². The van der Waals surface area contributed by atoms with E-state index in [9.17, 15) is 9.18 Å². The molecule has 0 aliphatic heterocycles. The number of aromatic amines is 1. The van der Waals surface area contributed by atoms with E-state index in [1.807, 2.05) is 6.26 Å². The third kappa shape index (κ3) is 2.14. The van der Waals surface area contributed by atoms with Crippen LogP contribution in [0.1, 0.15) is 0 Å². The molecule has 1 N–H and O–H groups in total. The van der Waals surface area contributed by atoms with Crippen molar-refractivity contribution in [3.63, 3.8) is 0 Å². The summed E-state index contributed by atoms with van der Waals surface area (Å²) in [5.74, 6) is -0.325. The van der Waals surface area contributed by atoms with Crippen LogP contribution in [0.25, 0.3) is 11.1 Å². The molecule has 0 aliphatic rings. The van der Waals surface area contributed by atoms with Crippen molar-refractivity contribution in [1.29, 1.82) is 0 Å². The molecule has 0 aliphatic carbocycles. The number of thioether (sulfide) groups is 1. The third-order valence-corrected chi connectivity index (χ3v) is 2.72. The summed E-state index contributed by atoms with van der Waals surface area (Å²) < 4.78 is 12.7. The predicted molar refractivity (Wildman–Crippen MR) is 62.0 cm³/mol. The molecule has 0 fully saturated rings. The van der Waals surface area contributed by atoms with Gasteiger partial charge in [-0.25, -0.2) is 9.37 Å². The Morgan fingerprint density at radius 2 is 2.00 bits per heavy atom. The molecule has 0 saturated heterocycles. The zero-order valence-corrected chi connectivity index (χ0v) is 9.34. The summed E-state index contributed by atoms with van der Waals surface area (Å²) in [7, 11) is 0. The molecule has 3 nitrogen and oxygen atoms in total. The Morgan fingerprint density at radius 1 is 1.31 bits per heavy atom. The quantitative estimate of drug-likeness (QED) is 0.642. The van der Waals surface area contributed by atoms with Gasteiger partial charge in [0.2, 0.25) is 0 Å². The molecule has 5 heteroatoms. The number of halogens is 1. The maximum absolute atomic E-state index is 12.7. The lowest BCUT2D eigenvalue weighted by Crippen LogP contribution is -2.10. The van der Waals surface area contributed by atoms with Crippen molar-refractivity contribution >= 4 is 11.8 Å². The number of hydrogen-bond donors (Lipinski definition) is 1. The minimum atomic E-state index is -0.325. The van der Waals surface area contributed by atoms with Crippen molar-refractivity contribution in [2.24, 2.45) is 0 Å². The number of nitrogens with one attached hydrogen (secondary N) is 1. The monoisotopic (exact) mass is 236 g/mol. The Morgan fingerprint density at radius 3 is 2.56 bits per heavy atom. The first-order valence-corrected chi connectivity index (χ1v) is 5.82. The Kier molecular flexibility index (Phi) is 3.05. The van der Waals surface area contributed by atoms with Crippen molar-refractivity contribution < 1.29 is 4.39 Å². The highest BCUT2D eigenvalue weighted by Crippen LogP contribution is 2.15. The van der Waals surface area contributed by atoms with Crippen LogP contribution in [0.15, 0.2) is 40.4 Å². The van der Waals surface area contributed by atoms with Gasteiger partial charge < -0.3 is 4.98 Å². The lowest BCUT2D eigenvalue weighted by Gasteiger charge is -2.01. The van der Waals surface area contributed by atoms with Gasteiger partial charge in [0.1, 0.15) is 5.82 Å². The number of H-pyrrole nitrogens is 1. The molecule has 16 heavy (non-hydrogen) atoms. The van der Waals surface area contributed by atoms with Crippen LogP contribution < -0.4 is 5.56 Å². The molecular weight excluding hydrogens is 227 g/mol. The summed E-state index contributed by atoms with van der Waals surface area (Å²) in [4.78, 5) is 18.4. The maximum Gasteiger partial charge on any atom is 0.259 e. The standard InChI is InChI=1S/C11H9FN2OS/c1-16-11-13-6-9(10(15)14-11)7-2-4-8(12)5-3-7/h2-6H,1H3,(H,13,14,15). The first kappa shape index (κ1) is 10.9. The fourth-order valence-electron chi connectivity index (χ4n) is 1.32. The van der Waals surface area contributed by atoms with Crippen LogP contribution in [0.3, 0.4) is 0 Å². The Balaban J connectivity index is 2.48. The summed E-state index contributed by atoms with van der Waals surface area (Å²) in [6.45, 7) is 0. The minimum absolute atomic E-state index is 0.217. The molecule has 1 heterocycles. The molecule has 1 aromatic carbocycles. The van der Waals surface area contributed by atoms with Crippen molar-refractivity contribution in [1.82, 2.24) is 9.97 Å². The average molecular weight is 236 g/mol. The first-order valence-electron chi connectivity index (χ1n) is 4.60. The summed E-state index contributed by atoms with van der Waals surface area (Å²) in [6, 6.07) is 5.75. The van der Waals surface area contributed by atoms with Gasteiger partial charge in [0.25, 0.3) is 5.56 Å². The molecule has 0 radical (unpaired) electrons. The number of nitrogens with zero attached hydrogens (tertiary/aromatic N) is 1. The average Bonchev–Trinajstić information content (AvgIpc) is 2.30. The zero-order valence-electron chi connectivity index (χ0n) is 8.53. The summed E-state index contributed by atoms with van der Waals surface area (Å²) in [5.41, 5.74) is 0.881. The topological polar surface area (TPSA) is 45.8 Å². The van der Waals surface area contributed by atoms with E-state index in [-0.39, 0.29) is 11.4 Å². The summed E-state index contributed by atoms with van der Waals surface area (Å²) in [5, 5.41) is 0.566. The molecule has 82 valence electrons. The molecule has 0 bridgehead atoms. The van der Waals surface area contributed by atoms with Crippen LogP contribution >= 0.6 is 11.8 Å². The van der Waals surface area contributed by atoms with Crippen LogP contribution in [0.2, 0.25) is 0 Å². The third-order valence-electron chi connectivity index (χ3n) is 2.12. The maximum atomic E-state index is 12.7. The number of hydrogen-bond acceptors (Lipinski definition) is 3. The molecule has 0 spiro atoms. The molecular formula is C11H9FN2OS. The normalized spacial score (nSPS) is 10.4. The van der Waals surface area contributed by atoms with E-state index >= 15 is 0 Å². The molecule has 0 atom stereocenters. The van der Waals surface area contributed by atoms with Gasteiger partial charge in [-0.2, -0.15) is 0 Å². The van der Waals surface area contributed by atoms with Crippen LogP contribution in [-0.4, -0.2) is 16.2 Å². The van der Waals surface area contributed by atoms with E-state index in [0.717, 1.165) is 0 Å². The Bertz CT molecular complexity index is 551. The second-order valence-corrected chi connectivity index (χ2v) is 3.94. The smallest absolute Gasteiger partial charge is 0.259 e. The second kappa shape index (κ2) is 4.49. The van der Waals surface area contributed by atoms with Crippen LogP contribution in [0.5, 0.6) is 0 Å². The molecule has 0 unspecified atom stereocenters. The van der Waals surface area contributed by atoms with Gasteiger partial charge in [0, 0.05) is 6.20 Å². The summed E-state index contributed by atoms with van der Waals surface area (Å²) in [6.07, 6.45) is 3.33. The van der Waals surface area contributed by atoms with Gasteiger partial charge in [-0.05, 0) is 24.0 Å².